The van der Waals surface area contributed by atoms with Crippen LogP contribution >= 0.6 is 0 Å². The predicted octanol–water partition coefficient (Wildman–Crippen LogP) is 3.01. The van der Waals surface area contributed by atoms with Gasteiger partial charge in [-0.25, -0.2) is 4.39 Å². The van der Waals surface area contributed by atoms with Crippen LogP contribution in [0.3, 0.4) is 0 Å². The van der Waals surface area contributed by atoms with Gasteiger partial charge in [0, 0.05) is 17.5 Å². The second kappa shape index (κ2) is 4.23. The van der Waals surface area contributed by atoms with Crippen LogP contribution < -0.4 is 0 Å². The van der Waals surface area contributed by atoms with Crippen molar-refractivity contribution in [2.45, 2.75) is 6.92 Å². The number of rotatable bonds is 2. The molecule has 0 saturated heterocycles. The lowest BCUT2D eigenvalue weighted by Crippen LogP contribution is -1.91. The molecule has 2 rings (SSSR count). The van der Waals surface area contributed by atoms with E-state index in [2.05, 4.69) is 4.98 Å². The quantitative estimate of drug-likeness (QED) is 0.721. The number of carbonyl (C=O) groups is 1. The fourth-order valence-corrected chi connectivity index (χ4v) is 1.58. The molecule has 0 bridgehead atoms. The van der Waals surface area contributed by atoms with E-state index < -0.39 is 5.82 Å². The Bertz CT molecular complexity index is 537. The Labute approximate surface area is 92.8 Å². The Kier molecular flexibility index (Phi) is 2.77. The molecule has 2 nitrogen and oxygen atoms in total. The molecule has 0 fully saturated rings. The second-order valence-corrected chi connectivity index (χ2v) is 3.49. The summed E-state index contributed by atoms with van der Waals surface area (Å²) in [6.07, 6.45) is 2.20. The number of halogens is 1. The highest BCUT2D eigenvalue weighted by atomic mass is 19.1. The standard InChI is InChI=1S/C13H10FNO/c1-9-12(3-2-6-15-9)10-4-5-11(8-16)13(14)7-10/h2-8H,1H3. The van der Waals surface area contributed by atoms with Gasteiger partial charge in [-0.1, -0.05) is 12.1 Å². The molecule has 16 heavy (non-hydrogen) atoms. The van der Waals surface area contributed by atoms with Crippen molar-refractivity contribution in [2.24, 2.45) is 0 Å². The summed E-state index contributed by atoms with van der Waals surface area (Å²) in [5.41, 5.74) is 2.51. The smallest absolute Gasteiger partial charge is 0.152 e. The van der Waals surface area contributed by atoms with Crippen molar-refractivity contribution in [1.82, 2.24) is 4.98 Å². The monoisotopic (exact) mass is 215 g/mol. The van der Waals surface area contributed by atoms with Gasteiger partial charge in [0.25, 0.3) is 0 Å². The van der Waals surface area contributed by atoms with Gasteiger partial charge in [-0.2, -0.15) is 0 Å². The summed E-state index contributed by atoms with van der Waals surface area (Å²) in [6, 6.07) is 8.22. The number of aryl methyl sites for hydroxylation is 1. The minimum atomic E-state index is -0.504. The first-order valence-electron chi connectivity index (χ1n) is 4.89. The van der Waals surface area contributed by atoms with E-state index in [9.17, 15) is 9.18 Å². The van der Waals surface area contributed by atoms with Gasteiger partial charge < -0.3 is 0 Å². The molecule has 0 atom stereocenters. The average molecular weight is 215 g/mol. The van der Waals surface area contributed by atoms with Crippen molar-refractivity contribution in [3.63, 3.8) is 0 Å². The zero-order chi connectivity index (χ0) is 11.5. The molecule has 0 saturated carbocycles. The number of aldehydes is 1. The van der Waals surface area contributed by atoms with Crippen LogP contribution in [-0.2, 0) is 0 Å². The number of carbonyl (C=O) groups excluding carboxylic acids is 1. The molecular weight excluding hydrogens is 205 g/mol. The van der Waals surface area contributed by atoms with Gasteiger partial charge in [-0.05, 0) is 30.7 Å². The van der Waals surface area contributed by atoms with E-state index in [4.69, 9.17) is 0 Å². The van der Waals surface area contributed by atoms with Crippen LogP contribution in [0, 0.1) is 12.7 Å². The molecule has 2 aromatic rings. The van der Waals surface area contributed by atoms with Gasteiger partial charge >= 0.3 is 0 Å². The second-order valence-electron chi connectivity index (χ2n) is 3.49. The predicted molar refractivity (Wildman–Crippen MR) is 59.8 cm³/mol. The SMILES string of the molecule is Cc1ncccc1-c1ccc(C=O)c(F)c1. The van der Waals surface area contributed by atoms with E-state index >= 15 is 0 Å². The zero-order valence-electron chi connectivity index (χ0n) is 8.77. The lowest BCUT2D eigenvalue weighted by molar-refractivity contribution is 0.112. The largest absolute Gasteiger partial charge is 0.298 e. The molecule has 0 amide bonds. The number of nitrogens with zero attached hydrogens (tertiary/aromatic N) is 1. The van der Waals surface area contributed by atoms with Crippen LogP contribution in [0.25, 0.3) is 11.1 Å². The first-order valence-corrected chi connectivity index (χ1v) is 4.89. The van der Waals surface area contributed by atoms with Crippen molar-refractivity contribution in [2.75, 3.05) is 0 Å². The molecule has 0 N–H and O–H groups in total. The normalized spacial score (nSPS) is 10.1. The average Bonchev–Trinajstić information content (AvgIpc) is 2.29. The Balaban J connectivity index is 2.54. The highest BCUT2D eigenvalue weighted by molar-refractivity contribution is 5.77. The van der Waals surface area contributed by atoms with Crippen molar-refractivity contribution in [3.05, 3.63) is 53.6 Å². The van der Waals surface area contributed by atoms with Crippen molar-refractivity contribution in [1.29, 1.82) is 0 Å². The summed E-state index contributed by atoms with van der Waals surface area (Å²) >= 11 is 0. The van der Waals surface area contributed by atoms with Crippen LogP contribution in [0.15, 0.2) is 36.5 Å². The van der Waals surface area contributed by atoms with Gasteiger partial charge in [0.1, 0.15) is 5.82 Å². The minimum Gasteiger partial charge on any atom is -0.298 e. The third-order valence-electron chi connectivity index (χ3n) is 2.45. The van der Waals surface area contributed by atoms with Gasteiger partial charge in [0.2, 0.25) is 0 Å². The molecule has 1 heterocycles. The van der Waals surface area contributed by atoms with Crippen LogP contribution in [0.1, 0.15) is 16.1 Å². The molecule has 0 radical (unpaired) electrons. The molecule has 0 unspecified atom stereocenters. The Hall–Kier alpha value is -2.03. The van der Waals surface area contributed by atoms with Crippen molar-refractivity contribution < 1.29 is 9.18 Å². The highest BCUT2D eigenvalue weighted by Gasteiger charge is 2.06. The number of hydrogen-bond acceptors (Lipinski definition) is 2. The summed E-state index contributed by atoms with van der Waals surface area (Å²) in [7, 11) is 0. The number of hydrogen-bond donors (Lipinski definition) is 0. The lowest BCUT2D eigenvalue weighted by atomic mass is 10.0. The van der Waals surface area contributed by atoms with E-state index in [1.165, 1.54) is 12.1 Å². The maximum absolute atomic E-state index is 13.4. The summed E-state index contributed by atoms with van der Waals surface area (Å²) in [6.45, 7) is 1.86. The van der Waals surface area contributed by atoms with Crippen molar-refractivity contribution >= 4 is 6.29 Å². The molecule has 1 aromatic heterocycles. The van der Waals surface area contributed by atoms with Gasteiger partial charge in [-0.15, -0.1) is 0 Å². The van der Waals surface area contributed by atoms with Gasteiger partial charge in [0.15, 0.2) is 6.29 Å². The molecular formula is C13H10FNO. The fraction of sp³-hybridized carbons (Fsp3) is 0.0769. The molecule has 0 spiro atoms. The van der Waals surface area contributed by atoms with Gasteiger partial charge in [-0.3, -0.25) is 9.78 Å². The third-order valence-corrected chi connectivity index (χ3v) is 2.45. The van der Waals surface area contributed by atoms with Crippen molar-refractivity contribution in [3.8, 4) is 11.1 Å². The lowest BCUT2D eigenvalue weighted by Gasteiger charge is -2.05. The summed E-state index contributed by atoms with van der Waals surface area (Å²) in [4.78, 5) is 14.6. The zero-order valence-corrected chi connectivity index (χ0v) is 8.77. The molecule has 0 aliphatic rings. The van der Waals surface area contributed by atoms with E-state index in [0.717, 1.165) is 16.8 Å². The maximum atomic E-state index is 13.4. The van der Waals surface area contributed by atoms with Gasteiger partial charge in [0.05, 0.1) is 5.56 Å². The molecule has 0 aliphatic carbocycles. The summed E-state index contributed by atoms with van der Waals surface area (Å²) in [5, 5.41) is 0. The Morgan fingerprint density at radius 2 is 2.12 bits per heavy atom. The first-order chi connectivity index (χ1) is 7.72. The van der Waals surface area contributed by atoms with Crippen LogP contribution in [0.2, 0.25) is 0 Å². The molecule has 3 heteroatoms. The molecule has 80 valence electrons. The van der Waals surface area contributed by atoms with Crippen LogP contribution in [-0.4, -0.2) is 11.3 Å². The Morgan fingerprint density at radius 1 is 1.31 bits per heavy atom. The Morgan fingerprint density at radius 3 is 2.75 bits per heavy atom. The third kappa shape index (κ3) is 1.84. The fourth-order valence-electron chi connectivity index (χ4n) is 1.58. The number of aromatic nitrogens is 1. The first kappa shape index (κ1) is 10.5. The van der Waals surface area contributed by atoms with E-state index in [1.807, 2.05) is 13.0 Å². The topological polar surface area (TPSA) is 30.0 Å². The highest BCUT2D eigenvalue weighted by Crippen LogP contribution is 2.23. The van der Waals surface area contributed by atoms with Crippen LogP contribution in [0.4, 0.5) is 4.39 Å². The molecule has 1 aromatic carbocycles. The molecule has 0 aliphatic heterocycles. The van der Waals surface area contributed by atoms with E-state index in [0.29, 0.717) is 6.29 Å². The van der Waals surface area contributed by atoms with Crippen LogP contribution in [0.5, 0.6) is 0 Å². The minimum absolute atomic E-state index is 0.0743. The van der Waals surface area contributed by atoms with E-state index in [1.54, 1.807) is 18.3 Å². The summed E-state index contributed by atoms with van der Waals surface area (Å²) < 4.78 is 13.4. The number of pyridine rings is 1. The number of benzene rings is 1. The summed E-state index contributed by atoms with van der Waals surface area (Å²) in [5.74, 6) is -0.504. The van der Waals surface area contributed by atoms with E-state index in [-0.39, 0.29) is 5.56 Å². The maximum Gasteiger partial charge on any atom is 0.152 e.